The van der Waals surface area contributed by atoms with Crippen LogP contribution in [0.15, 0.2) is 42.5 Å². The fourth-order valence-electron chi connectivity index (χ4n) is 1.84. The van der Waals surface area contributed by atoms with E-state index in [0.29, 0.717) is 18.2 Å². The highest BCUT2D eigenvalue weighted by molar-refractivity contribution is 6.30. The summed E-state index contributed by atoms with van der Waals surface area (Å²) in [6.07, 6.45) is 0. The number of hydrogen-bond donors (Lipinski definition) is 1. The van der Waals surface area contributed by atoms with Crippen LogP contribution in [0.5, 0.6) is 17.2 Å². The van der Waals surface area contributed by atoms with Gasteiger partial charge in [-0.2, -0.15) is 0 Å². The number of anilines is 1. The molecule has 1 N–H and O–H groups in total. The van der Waals surface area contributed by atoms with Gasteiger partial charge in [0.05, 0.1) is 19.9 Å². The molecule has 0 amide bonds. The van der Waals surface area contributed by atoms with Gasteiger partial charge in [0.2, 0.25) is 0 Å². The van der Waals surface area contributed by atoms with Crippen LogP contribution < -0.4 is 19.5 Å². The maximum atomic E-state index is 5.82. The van der Waals surface area contributed by atoms with Gasteiger partial charge in [-0.1, -0.05) is 11.6 Å². The molecule has 0 aliphatic carbocycles. The second-order valence-corrected chi connectivity index (χ2v) is 4.73. The monoisotopic (exact) mass is 307 g/mol. The lowest BCUT2D eigenvalue weighted by molar-refractivity contribution is 0.332. The molecule has 0 saturated carbocycles. The minimum atomic E-state index is 0.530. The second kappa shape index (κ2) is 7.64. The molecule has 0 fully saturated rings. The summed E-state index contributed by atoms with van der Waals surface area (Å²) in [7, 11) is 3.27. The van der Waals surface area contributed by atoms with Gasteiger partial charge in [0, 0.05) is 17.6 Å². The van der Waals surface area contributed by atoms with Gasteiger partial charge in [0.15, 0.2) is 0 Å². The van der Waals surface area contributed by atoms with E-state index < -0.39 is 0 Å². The van der Waals surface area contributed by atoms with Gasteiger partial charge in [-0.15, -0.1) is 0 Å². The number of rotatable bonds is 7. The Morgan fingerprint density at radius 2 is 1.67 bits per heavy atom. The average molecular weight is 308 g/mol. The summed E-state index contributed by atoms with van der Waals surface area (Å²) >= 11 is 5.82. The van der Waals surface area contributed by atoms with Crippen molar-refractivity contribution in [2.75, 3.05) is 32.7 Å². The Kier molecular flexibility index (Phi) is 5.58. The SMILES string of the molecule is COc1ccc(OC)c(NCCOc2ccc(Cl)cc2)c1. The van der Waals surface area contributed by atoms with Crippen LogP contribution in [0.4, 0.5) is 5.69 Å². The summed E-state index contributed by atoms with van der Waals surface area (Å²) in [5, 5.41) is 3.96. The third kappa shape index (κ3) is 4.46. The predicted molar refractivity (Wildman–Crippen MR) is 85.0 cm³/mol. The van der Waals surface area contributed by atoms with Gasteiger partial charge in [0.25, 0.3) is 0 Å². The Labute approximate surface area is 129 Å². The number of hydrogen-bond acceptors (Lipinski definition) is 4. The molecule has 2 aromatic rings. The van der Waals surface area contributed by atoms with E-state index in [0.717, 1.165) is 22.9 Å². The Hall–Kier alpha value is -2.07. The molecule has 0 aromatic heterocycles. The lowest BCUT2D eigenvalue weighted by atomic mass is 10.2. The topological polar surface area (TPSA) is 39.7 Å². The highest BCUT2D eigenvalue weighted by Gasteiger charge is 2.04. The van der Waals surface area contributed by atoms with Gasteiger partial charge >= 0.3 is 0 Å². The van der Waals surface area contributed by atoms with Crippen molar-refractivity contribution in [2.45, 2.75) is 0 Å². The zero-order valence-corrected chi connectivity index (χ0v) is 12.8. The van der Waals surface area contributed by atoms with Crippen molar-refractivity contribution in [3.8, 4) is 17.2 Å². The van der Waals surface area contributed by atoms with Crippen LogP contribution in [-0.2, 0) is 0 Å². The summed E-state index contributed by atoms with van der Waals surface area (Å²) in [6, 6.07) is 12.9. The van der Waals surface area contributed by atoms with Crippen LogP contribution in [0.2, 0.25) is 5.02 Å². The second-order valence-electron chi connectivity index (χ2n) is 4.30. The molecule has 0 atom stereocenters. The highest BCUT2D eigenvalue weighted by atomic mass is 35.5. The van der Waals surface area contributed by atoms with Crippen LogP contribution in [0.3, 0.4) is 0 Å². The first kappa shape index (κ1) is 15.3. The van der Waals surface area contributed by atoms with E-state index in [2.05, 4.69) is 5.32 Å². The van der Waals surface area contributed by atoms with E-state index in [-0.39, 0.29) is 0 Å². The lowest BCUT2D eigenvalue weighted by Crippen LogP contribution is -2.12. The number of halogens is 1. The van der Waals surface area contributed by atoms with Crippen LogP contribution in [0.25, 0.3) is 0 Å². The Morgan fingerprint density at radius 3 is 2.33 bits per heavy atom. The normalized spacial score (nSPS) is 10.0. The van der Waals surface area contributed by atoms with E-state index >= 15 is 0 Å². The number of methoxy groups -OCH3 is 2. The van der Waals surface area contributed by atoms with Crippen molar-refractivity contribution in [3.63, 3.8) is 0 Å². The molecule has 4 nitrogen and oxygen atoms in total. The molecular formula is C16H18ClNO3. The molecule has 112 valence electrons. The molecule has 0 radical (unpaired) electrons. The first-order valence-electron chi connectivity index (χ1n) is 6.57. The smallest absolute Gasteiger partial charge is 0.142 e. The fourth-order valence-corrected chi connectivity index (χ4v) is 1.96. The van der Waals surface area contributed by atoms with Crippen molar-refractivity contribution in [2.24, 2.45) is 0 Å². The van der Waals surface area contributed by atoms with Crippen molar-refractivity contribution in [3.05, 3.63) is 47.5 Å². The van der Waals surface area contributed by atoms with Crippen molar-refractivity contribution >= 4 is 17.3 Å². The van der Waals surface area contributed by atoms with Crippen LogP contribution in [0, 0.1) is 0 Å². The maximum Gasteiger partial charge on any atom is 0.142 e. The molecule has 0 aliphatic heterocycles. The van der Waals surface area contributed by atoms with E-state index in [9.17, 15) is 0 Å². The number of ether oxygens (including phenoxy) is 3. The Bertz CT molecular complexity index is 572. The van der Waals surface area contributed by atoms with Crippen LogP contribution in [-0.4, -0.2) is 27.4 Å². The molecule has 0 saturated heterocycles. The summed E-state index contributed by atoms with van der Waals surface area (Å²) in [4.78, 5) is 0. The highest BCUT2D eigenvalue weighted by Crippen LogP contribution is 2.28. The first-order chi connectivity index (χ1) is 10.2. The van der Waals surface area contributed by atoms with Crippen LogP contribution >= 0.6 is 11.6 Å². The first-order valence-corrected chi connectivity index (χ1v) is 6.95. The zero-order valence-electron chi connectivity index (χ0n) is 12.1. The molecule has 0 aliphatic rings. The Balaban J connectivity index is 1.86. The van der Waals surface area contributed by atoms with Gasteiger partial charge in [0.1, 0.15) is 23.9 Å². The average Bonchev–Trinajstić information content (AvgIpc) is 2.53. The lowest BCUT2D eigenvalue weighted by Gasteiger charge is -2.13. The Morgan fingerprint density at radius 1 is 0.952 bits per heavy atom. The van der Waals surface area contributed by atoms with Crippen molar-refractivity contribution in [1.82, 2.24) is 0 Å². The van der Waals surface area contributed by atoms with E-state index in [1.54, 1.807) is 26.4 Å². The molecule has 0 unspecified atom stereocenters. The van der Waals surface area contributed by atoms with Gasteiger partial charge in [-0.3, -0.25) is 0 Å². The predicted octanol–water partition coefficient (Wildman–Crippen LogP) is 3.85. The molecule has 0 spiro atoms. The molecule has 2 rings (SSSR count). The standard InChI is InChI=1S/C16H18ClNO3/c1-19-14-7-8-16(20-2)15(11-14)18-9-10-21-13-5-3-12(17)4-6-13/h3-8,11,18H,9-10H2,1-2H3. The van der Waals surface area contributed by atoms with E-state index in [1.165, 1.54) is 0 Å². The molecule has 0 bridgehead atoms. The van der Waals surface area contributed by atoms with Gasteiger partial charge in [-0.05, 0) is 36.4 Å². The van der Waals surface area contributed by atoms with Gasteiger partial charge < -0.3 is 19.5 Å². The largest absolute Gasteiger partial charge is 0.497 e. The minimum absolute atomic E-state index is 0.530. The fraction of sp³-hybridized carbons (Fsp3) is 0.250. The number of nitrogens with one attached hydrogen (secondary N) is 1. The van der Waals surface area contributed by atoms with E-state index in [1.807, 2.05) is 30.3 Å². The molecule has 21 heavy (non-hydrogen) atoms. The summed E-state index contributed by atoms with van der Waals surface area (Å²) < 4.78 is 16.1. The maximum absolute atomic E-state index is 5.82. The third-order valence-electron chi connectivity index (χ3n) is 2.91. The third-order valence-corrected chi connectivity index (χ3v) is 3.16. The summed E-state index contributed by atoms with van der Waals surface area (Å²) in [5.74, 6) is 2.33. The molecule has 0 heterocycles. The van der Waals surface area contributed by atoms with E-state index in [4.69, 9.17) is 25.8 Å². The number of benzene rings is 2. The summed E-state index contributed by atoms with van der Waals surface area (Å²) in [5.41, 5.74) is 0.872. The summed E-state index contributed by atoms with van der Waals surface area (Å²) in [6.45, 7) is 1.17. The zero-order chi connectivity index (χ0) is 15.1. The van der Waals surface area contributed by atoms with Crippen molar-refractivity contribution < 1.29 is 14.2 Å². The van der Waals surface area contributed by atoms with Crippen LogP contribution in [0.1, 0.15) is 0 Å². The molecular weight excluding hydrogens is 290 g/mol. The van der Waals surface area contributed by atoms with Crippen molar-refractivity contribution in [1.29, 1.82) is 0 Å². The minimum Gasteiger partial charge on any atom is -0.497 e. The molecule has 2 aromatic carbocycles. The molecule has 5 heteroatoms. The van der Waals surface area contributed by atoms with Gasteiger partial charge in [-0.25, -0.2) is 0 Å². The quantitative estimate of drug-likeness (QED) is 0.789.